The molecule has 7 heteroatoms. The van der Waals surface area contributed by atoms with Crippen molar-refractivity contribution in [2.75, 3.05) is 12.4 Å². The molecule has 1 N–H and O–H groups in total. The average molecular weight is 311 g/mol. The van der Waals surface area contributed by atoms with Crippen molar-refractivity contribution in [2.45, 2.75) is 6.54 Å². The molecule has 5 nitrogen and oxygen atoms in total. The van der Waals surface area contributed by atoms with Gasteiger partial charge in [0.1, 0.15) is 5.82 Å². The van der Waals surface area contributed by atoms with E-state index in [1.165, 1.54) is 37.4 Å². The molecule has 0 aliphatic carbocycles. The highest BCUT2D eigenvalue weighted by Crippen LogP contribution is 2.28. The summed E-state index contributed by atoms with van der Waals surface area (Å²) in [5, 5.41) is 14.2. The van der Waals surface area contributed by atoms with E-state index in [1.807, 2.05) is 0 Å². The molecular formula is C14H12ClFN2O3. The number of benzene rings is 2. The Morgan fingerprint density at radius 2 is 2.10 bits per heavy atom. The molecule has 2 rings (SSSR count). The first kappa shape index (κ1) is 15.1. The van der Waals surface area contributed by atoms with Crippen LogP contribution in [-0.2, 0) is 6.54 Å². The SMILES string of the molecule is COc1ccc(CNc2cc(Cl)ccc2F)cc1[N+](=O)[O-]. The van der Waals surface area contributed by atoms with Crippen molar-refractivity contribution >= 4 is 23.0 Å². The van der Waals surface area contributed by atoms with Gasteiger partial charge in [0, 0.05) is 17.6 Å². The minimum atomic E-state index is -0.525. The van der Waals surface area contributed by atoms with Crippen LogP contribution in [0, 0.1) is 15.9 Å². The topological polar surface area (TPSA) is 64.4 Å². The molecular weight excluding hydrogens is 299 g/mol. The van der Waals surface area contributed by atoms with Crippen LogP contribution in [0.1, 0.15) is 5.56 Å². The van der Waals surface area contributed by atoms with Crippen LogP contribution in [0.15, 0.2) is 36.4 Å². The van der Waals surface area contributed by atoms with Crippen LogP contribution in [-0.4, -0.2) is 12.0 Å². The number of nitrogens with zero attached hydrogens (tertiary/aromatic N) is 1. The van der Waals surface area contributed by atoms with Gasteiger partial charge in [-0.1, -0.05) is 17.7 Å². The zero-order valence-corrected chi connectivity index (χ0v) is 11.9. The van der Waals surface area contributed by atoms with Gasteiger partial charge in [0.2, 0.25) is 0 Å². The third-order valence-electron chi connectivity index (χ3n) is 2.85. The highest BCUT2D eigenvalue weighted by molar-refractivity contribution is 6.30. The van der Waals surface area contributed by atoms with Crippen molar-refractivity contribution in [2.24, 2.45) is 0 Å². The maximum Gasteiger partial charge on any atom is 0.311 e. The standard InChI is InChI=1S/C14H12ClFN2O3/c1-21-14-5-2-9(6-13(14)18(19)20)8-17-12-7-10(15)3-4-11(12)16/h2-7,17H,8H2,1H3. The predicted molar refractivity (Wildman–Crippen MR) is 78.4 cm³/mol. The number of ether oxygens (including phenoxy) is 1. The number of rotatable bonds is 5. The van der Waals surface area contributed by atoms with Gasteiger partial charge in [-0.3, -0.25) is 10.1 Å². The van der Waals surface area contributed by atoms with E-state index in [-0.39, 0.29) is 23.7 Å². The smallest absolute Gasteiger partial charge is 0.311 e. The normalized spacial score (nSPS) is 10.2. The van der Waals surface area contributed by atoms with Crippen LogP contribution in [0.4, 0.5) is 15.8 Å². The first-order valence-electron chi connectivity index (χ1n) is 6.01. The summed E-state index contributed by atoms with van der Waals surface area (Å²) in [6.45, 7) is 0.224. The van der Waals surface area contributed by atoms with Gasteiger partial charge in [0.05, 0.1) is 17.7 Å². The Morgan fingerprint density at radius 1 is 1.33 bits per heavy atom. The molecule has 0 saturated heterocycles. The lowest BCUT2D eigenvalue weighted by Gasteiger charge is -2.09. The van der Waals surface area contributed by atoms with Crippen LogP contribution in [0.5, 0.6) is 5.75 Å². The molecule has 0 bridgehead atoms. The monoisotopic (exact) mass is 310 g/mol. The van der Waals surface area contributed by atoms with E-state index in [0.29, 0.717) is 10.6 Å². The average Bonchev–Trinajstić information content (AvgIpc) is 2.47. The molecule has 0 atom stereocenters. The van der Waals surface area contributed by atoms with Crippen molar-refractivity contribution in [1.82, 2.24) is 0 Å². The van der Waals surface area contributed by atoms with E-state index in [4.69, 9.17) is 16.3 Å². The molecule has 0 heterocycles. The molecule has 2 aromatic rings. The predicted octanol–water partition coefficient (Wildman–Crippen LogP) is 4.01. The molecule has 110 valence electrons. The van der Waals surface area contributed by atoms with Crippen LogP contribution in [0.2, 0.25) is 5.02 Å². The highest BCUT2D eigenvalue weighted by atomic mass is 35.5. The number of halogens is 2. The summed E-state index contributed by atoms with van der Waals surface area (Å²) in [5.74, 6) is -0.264. The van der Waals surface area contributed by atoms with Crippen molar-refractivity contribution < 1.29 is 14.1 Å². The summed E-state index contributed by atoms with van der Waals surface area (Å²) in [7, 11) is 1.36. The number of nitrogens with one attached hydrogen (secondary N) is 1. The summed E-state index contributed by atoms with van der Waals surface area (Å²) < 4.78 is 18.5. The number of hydrogen-bond acceptors (Lipinski definition) is 4. The number of anilines is 1. The van der Waals surface area contributed by atoms with Crippen LogP contribution in [0.25, 0.3) is 0 Å². The fraction of sp³-hybridized carbons (Fsp3) is 0.143. The number of nitro benzene ring substituents is 1. The molecule has 0 fully saturated rings. The minimum absolute atomic E-state index is 0.136. The van der Waals surface area contributed by atoms with Crippen LogP contribution < -0.4 is 10.1 Å². The van der Waals surface area contributed by atoms with Crippen molar-refractivity contribution in [3.8, 4) is 5.75 Å². The van der Waals surface area contributed by atoms with Crippen LogP contribution in [0.3, 0.4) is 0 Å². The highest BCUT2D eigenvalue weighted by Gasteiger charge is 2.15. The molecule has 0 aromatic heterocycles. The van der Waals surface area contributed by atoms with E-state index in [1.54, 1.807) is 6.07 Å². The number of methoxy groups -OCH3 is 1. The van der Waals surface area contributed by atoms with Gasteiger partial charge in [-0.05, 0) is 29.8 Å². The zero-order valence-electron chi connectivity index (χ0n) is 11.1. The molecule has 0 amide bonds. The number of nitro groups is 1. The van der Waals surface area contributed by atoms with E-state index in [9.17, 15) is 14.5 Å². The first-order valence-corrected chi connectivity index (χ1v) is 6.39. The van der Waals surface area contributed by atoms with Gasteiger partial charge in [0.25, 0.3) is 0 Å². The molecule has 0 unspecified atom stereocenters. The zero-order chi connectivity index (χ0) is 15.4. The Hall–Kier alpha value is -2.34. The lowest BCUT2D eigenvalue weighted by atomic mass is 10.2. The second-order valence-corrected chi connectivity index (χ2v) is 4.68. The summed E-state index contributed by atoms with van der Waals surface area (Å²) in [5.41, 5.74) is 0.728. The molecule has 0 radical (unpaired) electrons. The van der Waals surface area contributed by atoms with Gasteiger partial charge in [-0.15, -0.1) is 0 Å². The van der Waals surface area contributed by atoms with Gasteiger partial charge in [0.15, 0.2) is 5.75 Å². The minimum Gasteiger partial charge on any atom is -0.490 e. The van der Waals surface area contributed by atoms with Crippen LogP contribution >= 0.6 is 11.6 Å². The molecule has 21 heavy (non-hydrogen) atoms. The molecule has 0 aliphatic rings. The summed E-state index contributed by atoms with van der Waals surface area (Å²) in [6, 6.07) is 8.70. The Morgan fingerprint density at radius 3 is 2.76 bits per heavy atom. The fourth-order valence-electron chi connectivity index (χ4n) is 1.82. The summed E-state index contributed by atoms with van der Waals surface area (Å²) >= 11 is 5.79. The van der Waals surface area contributed by atoms with E-state index in [2.05, 4.69) is 5.32 Å². The van der Waals surface area contributed by atoms with Crippen molar-refractivity contribution in [1.29, 1.82) is 0 Å². The van der Waals surface area contributed by atoms with E-state index in [0.717, 1.165) is 0 Å². The Kier molecular flexibility index (Phi) is 4.59. The quantitative estimate of drug-likeness (QED) is 0.669. The summed E-state index contributed by atoms with van der Waals surface area (Å²) in [6.07, 6.45) is 0. The third kappa shape index (κ3) is 3.61. The maximum atomic E-state index is 13.5. The Bertz CT molecular complexity index is 679. The molecule has 2 aromatic carbocycles. The second-order valence-electron chi connectivity index (χ2n) is 4.24. The van der Waals surface area contributed by atoms with E-state index >= 15 is 0 Å². The fourth-order valence-corrected chi connectivity index (χ4v) is 1.99. The second kappa shape index (κ2) is 6.41. The first-order chi connectivity index (χ1) is 10.0. The van der Waals surface area contributed by atoms with Crippen molar-refractivity contribution in [3.05, 3.63) is 62.9 Å². The molecule has 0 aliphatic heterocycles. The van der Waals surface area contributed by atoms with Gasteiger partial charge >= 0.3 is 5.69 Å². The van der Waals surface area contributed by atoms with E-state index < -0.39 is 10.7 Å². The molecule has 0 spiro atoms. The third-order valence-corrected chi connectivity index (χ3v) is 3.09. The van der Waals surface area contributed by atoms with Crippen molar-refractivity contribution in [3.63, 3.8) is 0 Å². The maximum absolute atomic E-state index is 13.5. The largest absolute Gasteiger partial charge is 0.490 e. The Balaban J connectivity index is 2.18. The summed E-state index contributed by atoms with van der Waals surface area (Å²) in [4.78, 5) is 10.4. The number of hydrogen-bond donors (Lipinski definition) is 1. The van der Waals surface area contributed by atoms with Gasteiger partial charge in [-0.2, -0.15) is 0 Å². The Labute approximate surface area is 125 Å². The lowest BCUT2D eigenvalue weighted by Crippen LogP contribution is -2.03. The lowest BCUT2D eigenvalue weighted by molar-refractivity contribution is -0.385. The van der Waals surface area contributed by atoms with Gasteiger partial charge in [-0.25, -0.2) is 4.39 Å². The molecule has 0 saturated carbocycles. The van der Waals surface area contributed by atoms with Gasteiger partial charge < -0.3 is 10.1 Å².